The van der Waals surface area contributed by atoms with Gasteiger partial charge in [0.05, 0.1) is 18.2 Å². The molecule has 2 fully saturated rings. The molecule has 0 bridgehead atoms. The third-order valence-electron chi connectivity index (χ3n) is 4.47. The van der Waals surface area contributed by atoms with Crippen LogP contribution >= 0.6 is 23.2 Å². The fourth-order valence-corrected chi connectivity index (χ4v) is 3.42. The van der Waals surface area contributed by atoms with Crippen molar-refractivity contribution in [3.8, 4) is 0 Å². The van der Waals surface area contributed by atoms with Gasteiger partial charge in [-0.3, -0.25) is 9.59 Å². The Labute approximate surface area is 150 Å². The Morgan fingerprint density at radius 2 is 1.71 bits per heavy atom. The summed E-state index contributed by atoms with van der Waals surface area (Å²) < 4.78 is 5.28. The van der Waals surface area contributed by atoms with Crippen LogP contribution < -0.4 is 0 Å². The second kappa shape index (κ2) is 7.68. The number of carbonyl (C=O) groups excluding carboxylic acids is 2. The maximum atomic E-state index is 12.6. The molecule has 0 spiro atoms. The Hall–Kier alpha value is -1.37. The second-order valence-electron chi connectivity index (χ2n) is 5.97. The summed E-state index contributed by atoms with van der Waals surface area (Å²) in [6.07, 6.45) is 1.31. The lowest BCUT2D eigenvalue weighted by Crippen LogP contribution is -2.47. The Balaban J connectivity index is 1.59. The number of likely N-dealkylation sites (tertiary alicyclic amines) is 1. The van der Waals surface area contributed by atoms with Crippen molar-refractivity contribution in [1.82, 2.24) is 14.8 Å². The number of aromatic nitrogens is 1. The minimum absolute atomic E-state index is 0.0325. The first-order valence-corrected chi connectivity index (χ1v) is 8.79. The topological polar surface area (TPSA) is 62.7 Å². The summed E-state index contributed by atoms with van der Waals surface area (Å²) in [6, 6.07) is 3.12. The number of hydrogen-bond donors (Lipinski definition) is 0. The second-order valence-corrected chi connectivity index (χ2v) is 6.76. The molecule has 24 heavy (non-hydrogen) atoms. The molecule has 1 aromatic rings. The predicted molar refractivity (Wildman–Crippen MR) is 90.3 cm³/mol. The van der Waals surface area contributed by atoms with E-state index < -0.39 is 0 Å². The van der Waals surface area contributed by atoms with Gasteiger partial charge < -0.3 is 14.5 Å². The standard InChI is InChI=1S/C16H19Cl2N3O3/c17-12-1-2-13(18)19-14(12)16(23)20-5-3-11(4-6-20)15(22)21-7-9-24-10-8-21/h1-2,11H,3-10H2. The number of rotatable bonds is 2. The van der Waals surface area contributed by atoms with Crippen molar-refractivity contribution in [2.75, 3.05) is 39.4 Å². The van der Waals surface area contributed by atoms with Gasteiger partial charge in [-0.05, 0) is 25.0 Å². The van der Waals surface area contributed by atoms with Crippen molar-refractivity contribution in [1.29, 1.82) is 0 Å². The Morgan fingerprint density at radius 3 is 2.38 bits per heavy atom. The van der Waals surface area contributed by atoms with Crippen molar-refractivity contribution >= 4 is 35.0 Å². The number of morpholine rings is 1. The van der Waals surface area contributed by atoms with E-state index in [2.05, 4.69) is 4.98 Å². The fraction of sp³-hybridized carbons (Fsp3) is 0.562. The largest absolute Gasteiger partial charge is 0.378 e. The first kappa shape index (κ1) is 17.5. The Morgan fingerprint density at radius 1 is 1.04 bits per heavy atom. The molecule has 0 aromatic carbocycles. The number of halogens is 2. The van der Waals surface area contributed by atoms with Crippen molar-refractivity contribution in [3.63, 3.8) is 0 Å². The zero-order valence-electron chi connectivity index (χ0n) is 13.2. The van der Waals surface area contributed by atoms with Gasteiger partial charge >= 0.3 is 0 Å². The lowest BCUT2D eigenvalue weighted by molar-refractivity contribution is -0.141. The van der Waals surface area contributed by atoms with E-state index >= 15 is 0 Å². The Kier molecular flexibility index (Phi) is 5.58. The molecule has 0 saturated carbocycles. The molecule has 130 valence electrons. The zero-order valence-corrected chi connectivity index (χ0v) is 14.7. The van der Waals surface area contributed by atoms with Gasteiger partial charge in [0.25, 0.3) is 5.91 Å². The van der Waals surface area contributed by atoms with Crippen molar-refractivity contribution < 1.29 is 14.3 Å². The summed E-state index contributed by atoms with van der Waals surface area (Å²) in [4.78, 5) is 32.7. The molecule has 2 amide bonds. The number of carbonyl (C=O) groups is 2. The van der Waals surface area contributed by atoms with E-state index in [4.69, 9.17) is 27.9 Å². The quantitative estimate of drug-likeness (QED) is 0.746. The van der Waals surface area contributed by atoms with Crippen LogP contribution in [-0.4, -0.2) is 66.0 Å². The van der Waals surface area contributed by atoms with Gasteiger partial charge in [-0.25, -0.2) is 4.98 Å². The summed E-state index contributed by atoms with van der Waals surface area (Å²) in [5.41, 5.74) is 0.169. The smallest absolute Gasteiger partial charge is 0.274 e. The lowest BCUT2D eigenvalue weighted by atomic mass is 9.95. The van der Waals surface area contributed by atoms with Gasteiger partial charge in [-0.1, -0.05) is 23.2 Å². The van der Waals surface area contributed by atoms with Crippen LogP contribution in [-0.2, 0) is 9.53 Å². The molecule has 2 aliphatic heterocycles. The van der Waals surface area contributed by atoms with Gasteiger partial charge in [0.2, 0.25) is 5.91 Å². The van der Waals surface area contributed by atoms with Crippen LogP contribution in [0.5, 0.6) is 0 Å². The summed E-state index contributed by atoms with van der Waals surface area (Å²) in [7, 11) is 0. The van der Waals surface area contributed by atoms with Gasteiger partial charge in [-0.2, -0.15) is 0 Å². The van der Waals surface area contributed by atoms with E-state index in [0.29, 0.717) is 52.2 Å². The van der Waals surface area contributed by atoms with Gasteiger partial charge in [0, 0.05) is 32.1 Å². The van der Waals surface area contributed by atoms with E-state index in [1.807, 2.05) is 4.90 Å². The first-order valence-electron chi connectivity index (χ1n) is 8.04. The predicted octanol–water partition coefficient (Wildman–Crippen LogP) is 2.10. The summed E-state index contributed by atoms with van der Waals surface area (Å²) >= 11 is 11.9. The fourth-order valence-electron chi connectivity index (χ4n) is 3.09. The molecule has 3 rings (SSSR count). The van der Waals surface area contributed by atoms with E-state index in [1.54, 1.807) is 17.0 Å². The van der Waals surface area contributed by atoms with Gasteiger partial charge in [-0.15, -0.1) is 0 Å². The van der Waals surface area contributed by atoms with Gasteiger partial charge in [0.1, 0.15) is 10.8 Å². The maximum Gasteiger partial charge on any atom is 0.274 e. The Bertz CT molecular complexity index is 627. The molecule has 0 aliphatic carbocycles. The average molecular weight is 372 g/mol. The number of hydrogen-bond acceptors (Lipinski definition) is 4. The molecule has 0 N–H and O–H groups in total. The van der Waals surface area contributed by atoms with Crippen molar-refractivity contribution in [2.45, 2.75) is 12.8 Å². The van der Waals surface area contributed by atoms with E-state index in [1.165, 1.54) is 0 Å². The van der Waals surface area contributed by atoms with Crippen LogP contribution in [0.15, 0.2) is 12.1 Å². The molecule has 2 aliphatic rings. The normalized spacial score (nSPS) is 19.4. The third kappa shape index (κ3) is 3.82. The summed E-state index contributed by atoms with van der Waals surface area (Å²) in [6.45, 7) is 3.54. The highest BCUT2D eigenvalue weighted by Gasteiger charge is 2.32. The summed E-state index contributed by atoms with van der Waals surface area (Å²) in [5, 5.41) is 0.524. The van der Waals surface area contributed by atoms with Crippen LogP contribution in [0.2, 0.25) is 10.2 Å². The number of pyridine rings is 1. The van der Waals surface area contributed by atoms with Crippen molar-refractivity contribution in [3.05, 3.63) is 28.0 Å². The molecule has 1 aromatic heterocycles. The van der Waals surface area contributed by atoms with E-state index in [0.717, 1.165) is 0 Å². The molecule has 0 unspecified atom stereocenters. The molecule has 2 saturated heterocycles. The van der Waals surface area contributed by atoms with E-state index in [9.17, 15) is 9.59 Å². The monoisotopic (exact) mass is 371 g/mol. The molecule has 3 heterocycles. The van der Waals surface area contributed by atoms with Crippen LogP contribution in [0.1, 0.15) is 23.3 Å². The molecule has 0 radical (unpaired) electrons. The average Bonchev–Trinajstić information content (AvgIpc) is 2.63. The zero-order chi connectivity index (χ0) is 17.1. The minimum atomic E-state index is -0.236. The number of ether oxygens (including phenoxy) is 1. The third-order valence-corrected chi connectivity index (χ3v) is 4.98. The first-order chi connectivity index (χ1) is 11.6. The minimum Gasteiger partial charge on any atom is -0.378 e. The maximum absolute atomic E-state index is 12.6. The molecule has 6 nitrogen and oxygen atoms in total. The highest BCUT2D eigenvalue weighted by molar-refractivity contribution is 6.34. The highest BCUT2D eigenvalue weighted by Crippen LogP contribution is 2.24. The molecular weight excluding hydrogens is 353 g/mol. The molecule has 0 atom stereocenters. The lowest BCUT2D eigenvalue weighted by Gasteiger charge is -2.35. The van der Waals surface area contributed by atoms with Crippen LogP contribution in [0.3, 0.4) is 0 Å². The van der Waals surface area contributed by atoms with Crippen LogP contribution in [0, 0.1) is 5.92 Å². The van der Waals surface area contributed by atoms with Crippen LogP contribution in [0.4, 0.5) is 0 Å². The van der Waals surface area contributed by atoms with Crippen LogP contribution in [0.25, 0.3) is 0 Å². The number of amides is 2. The molecule has 8 heteroatoms. The highest BCUT2D eigenvalue weighted by atomic mass is 35.5. The summed E-state index contributed by atoms with van der Waals surface area (Å²) in [5.74, 6) is -0.0981. The number of piperidine rings is 1. The van der Waals surface area contributed by atoms with Gasteiger partial charge in [0.15, 0.2) is 0 Å². The molecular formula is C16H19Cl2N3O3. The number of nitrogens with zero attached hydrogens (tertiary/aromatic N) is 3. The van der Waals surface area contributed by atoms with E-state index in [-0.39, 0.29) is 33.6 Å². The van der Waals surface area contributed by atoms with Crippen molar-refractivity contribution in [2.24, 2.45) is 5.92 Å². The SMILES string of the molecule is O=C(c1nc(Cl)ccc1Cl)N1CCC(C(=O)N2CCOCC2)CC1.